The standard InChI is InChI=1S/C19H19F3N2O5/c1-4-28-18(27)15-9(2)16(24-10(15)3)14(25)8-29-17(26)12-6-5-11(7-13(12)23)19(20,21)22/h5-7,24H,4,8,23H2,1-3H3. The number of carbonyl (C=O) groups excluding carboxylic acids is 3. The molecule has 0 unspecified atom stereocenters. The average Bonchev–Trinajstić information content (AvgIpc) is 2.93. The first-order valence-corrected chi connectivity index (χ1v) is 8.50. The molecule has 2 rings (SSSR count). The Hall–Kier alpha value is -3.30. The summed E-state index contributed by atoms with van der Waals surface area (Å²) in [6.45, 7) is 4.25. The van der Waals surface area contributed by atoms with E-state index in [1.54, 1.807) is 20.8 Å². The molecule has 7 nitrogen and oxygen atoms in total. The molecule has 3 N–H and O–H groups in total. The molecule has 0 spiro atoms. The van der Waals surface area contributed by atoms with Crippen molar-refractivity contribution in [2.45, 2.75) is 26.9 Å². The van der Waals surface area contributed by atoms with Crippen LogP contribution in [0.25, 0.3) is 0 Å². The van der Waals surface area contributed by atoms with Crippen LogP contribution in [0, 0.1) is 13.8 Å². The fourth-order valence-electron chi connectivity index (χ4n) is 2.74. The Labute approximate surface area is 164 Å². The number of nitrogen functional groups attached to an aromatic ring is 1. The van der Waals surface area contributed by atoms with Gasteiger partial charge < -0.3 is 20.2 Å². The minimum Gasteiger partial charge on any atom is -0.462 e. The molecular formula is C19H19F3N2O5. The van der Waals surface area contributed by atoms with Gasteiger partial charge in [-0.1, -0.05) is 0 Å². The number of rotatable bonds is 6. The number of Topliss-reactive ketones (excluding diaryl/α,β-unsaturated/α-hetero) is 1. The van der Waals surface area contributed by atoms with E-state index in [0.29, 0.717) is 23.4 Å². The highest BCUT2D eigenvalue weighted by Gasteiger charge is 2.31. The van der Waals surface area contributed by atoms with Crippen LogP contribution in [0.2, 0.25) is 0 Å². The number of aryl methyl sites for hydroxylation is 1. The lowest BCUT2D eigenvalue weighted by Gasteiger charge is -2.10. The Kier molecular flexibility index (Phi) is 6.35. The molecule has 0 fully saturated rings. The fourth-order valence-corrected chi connectivity index (χ4v) is 2.74. The lowest BCUT2D eigenvalue weighted by molar-refractivity contribution is -0.137. The second-order valence-electron chi connectivity index (χ2n) is 6.14. The van der Waals surface area contributed by atoms with Crippen LogP contribution in [0.1, 0.15) is 54.9 Å². The largest absolute Gasteiger partial charge is 0.462 e. The molecule has 0 aliphatic carbocycles. The third-order valence-electron chi connectivity index (χ3n) is 4.13. The van der Waals surface area contributed by atoms with Crippen LogP contribution < -0.4 is 5.73 Å². The second kappa shape index (κ2) is 8.38. The van der Waals surface area contributed by atoms with Crippen molar-refractivity contribution in [1.29, 1.82) is 0 Å². The van der Waals surface area contributed by atoms with E-state index in [1.165, 1.54) is 0 Å². The maximum atomic E-state index is 12.7. The Morgan fingerprint density at radius 3 is 2.31 bits per heavy atom. The van der Waals surface area contributed by atoms with Crippen molar-refractivity contribution >= 4 is 23.4 Å². The molecular weight excluding hydrogens is 393 g/mol. The van der Waals surface area contributed by atoms with Gasteiger partial charge in [0.2, 0.25) is 5.78 Å². The van der Waals surface area contributed by atoms with E-state index in [2.05, 4.69) is 4.98 Å². The van der Waals surface area contributed by atoms with Gasteiger partial charge in [-0.15, -0.1) is 0 Å². The lowest BCUT2D eigenvalue weighted by atomic mass is 10.1. The molecule has 0 aliphatic heterocycles. The molecule has 0 amide bonds. The zero-order valence-electron chi connectivity index (χ0n) is 15.9. The number of ether oxygens (including phenoxy) is 2. The number of anilines is 1. The molecule has 156 valence electrons. The molecule has 0 bridgehead atoms. The number of alkyl halides is 3. The number of esters is 2. The van der Waals surface area contributed by atoms with Crippen LogP contribution in [0.3, 0.4) is 0 Å². The van der Waals surface area contributed by atoms with E-state index in [0.717, 1.165) is 6.07 Å². The third kappa shape index (κ3) is 4.76. The van der Waals surface area contributed by atoms with E-state index in [1.807, 2.05) is 0 Å². The van der Waals surface area contributed by atoms with Gasteiger partial charge in [0, 0.05) is 11.4 Å². The Morgan fingerprint density at radius 1 is 1.10 bits per heavy atom. The van der Waals surface area contributed by atoms with Gasteiger partial charge in [-0.05, 0) is 44.5 Å². The molecule has 2 aromatic rings. The van der Waals surface area contributed by atoms with Crippen molar-refractivity contribution in [3.63, 3.8) is 0 Å². The highest BCUT2D eigenvalue weighted by Crippen LogP contribution is 2.31. The summed E-state index contributed by atoms with van der Waals surface area (Å²) in [7, 11) is 0. The zero-order chi connectivity index (χ0) is 21.9. The lowest BCUT2D eigenvalue weighted by Crippen LogP contribution is -2.17. The van der Waals surface area contributed by atoms with Crippen molar-refractivity contribution in [3.05, 3.63) is 51.8 Å². The Bertz CT molecular complexity index is 963. The summed E-state index contributed by atoms with van der Waals surface area (Å²) < 4.78 is 47.8. The van der Waals surface area contributed by atoms with Gasteiger partial charge in [-0.3, -0.25) is 4.79 Å². The number of benzene rings is 1. The minimum absolute atomic E-state index is 0.0683. The quantitative estimate of drug-likeness (QED) is 0.427. The first kappa shape index (κ1) is 22.0. The maximum absolute atomic E-state index is 12.7. The average molecular weight is 412 g/mol. The number of halogens is 3. The fraction of sp³-hybridized carbons (Fsp3) is 0.316. The van der Waals surface area contributed by atoms with E-state index in [4.69, 9.17) is 15.2 Å². The van der Waals surface area contributed by atoms with Gasteiger partial charge in [-0.25, -0.2) is 9.59 Å². The highest BCUT2D eigenvalue weighted by molar-refractivity contribution is 6.03. The summed E-state index contributed by atoms with van der Waals surface area (Å²) >= 11 is 0. The number of nitrogens with two attached hydrogens (primary N) is 1. The monoisotopic (exact) mass is 412 g/mol. The smallest absolute Gasteiger partial charge is 0.416 e. The van der Waals surface area contributed by atoms with Gasteiger partial charge in [-0.2, -0.15) is 13.2 Å². The van der Waals surface area contributed by atoms with Gasteiger partial charge in [0.25, 0.3) is 0 Å². The van der Waals surface area contributed by atoms with Crippen molar-refractivity contribution < 1.29 is 37.0 Å². The summed E-state index contributed by atoms with van der Waals surface area (Å²) in [5.74, 6) is -2.26. The van der Waals surface area contributed by atoms with E-state index < -0.39 is 41.8 Å². The Morgan fingerprint density at radius 2 is 1.76 bits per heavy atom. The number of hydrogen-bond acceptors (Lipinski definition) is 6. The van der Waals surface area contributed by atoms with Crippen LogP contribution in [0.15, 0.2) is 18.2 Å². The number of hydrogen-bond donors (Lipinski definition) is 2. The van der Waals surface area contributed by atoms with Gasteiger partial charge in [0.1, 0.15) is 0 Å². The zero-order valence-corrected chi connectivity index (χ0v) is 15.9. The summed E-state index contributed by atoms with van der Waals surface area (Å²) in [5.41, 5.74) is 4.83. The molecule has 29 heavy (non-hydrogen) atoms. The number of nitrogens with one attached hydrogen (secondary N) is 1. The molecule has 1 aromatic heterocycles. The molecule has 0 saturated carbocycles. The minimum atomic E-state index is -4.61. The predicted octanol–water partition coefficient (Wildman–Crippen LogP) is 3.45. The predicted molar refractivity (Wildman–Crippen MR) is 96.7 cm³/mol. The normalized spacial score (nSPS) is 11.2. The number of carbonyl (C=O) groups is 3. The third-order valence-corrected chi connectivity index (χ3v) is 4.13. The molecule has 10 heteroatoms. The van der Waals surface area contributed by atoms with E-state index in [-0.39, 0.29) is 23.4 Å². The summed E-state index contributed by atoms with van der Waals surface area (Å²) in [6, 6.07) is 2.19. The second-order valence-corrected chi connectivity index (χ2v) is 6.14. The first-order chi connectivity index (χ1) is 13.5. The number of aromatic amines is 1. The maximum Gasteiger partial charge on any atom is 0.416 e. The first-order valence-electron chi connectivity index (χ1n) is 8.50. The molecule has 1 heterocycles. The molecule has 0 aliphatic rings. The summed E-state index contributed by atoms with van der Waals surface area (Å²) in [6.07, 6.45) is -4.61. The summed E-state index contributed by atoms with van der Waals surface area (Å²) in [5, 5.41) is 0. The number of aromatic nitrogens is 1. The van der Waals surface area contributed by atoms with Crippen molar-refractivity contribution in [2.75, 3.05) is 18.9 Å². The summed E-state index contributed by atoms with van der Waals surface area (Å²) in [4.78, 5) is 39.2. The van der Waals surface area contributed by atoms with Crippen LogP contribution in [0.5, 0.6) is 0 Å². The van der Waals surface area contributed by atoms with E-state index in [9.17, 15) is 27.6 Å². The van der Waals surface area contributed by atoms with Crippen molar-refractivity contribution in [2.24, 2.45) is 0 Å². The molecule has 0 radical (unpaired) electrons. The molecule has 0 atom stereocenters. The highest BCUT2D eigenvalue weighted by atomic mass is 19.4. The van der Waals surface area contributed by atoms with Crippen LogP contribution in [-0.4, -0.2) is 35.9 Å². The Balaban J connectivity index is 2.13. The number of H-pyrrole nitrogens is 1. The SMILES string of the molecule is CCOC(=O)c1c(C)[nH]c(C(=O)COC(=O)c2ccc(C(F)(F)F)cc2N)c1C. The van der Waals surface area contributed by atoms with Gasteiger partial charge in [0.15, 0.2) is 6.61 Å². The van der Waals surface area contributed by atoms with Gasteiger partial charge >= 0.3 is 18.1 Å². The van der Waals surface area contributed by atoms with Crippen molar-refractivity contribution in [3.8, 4) is 0 Å². The van der Waals surface area contributed by atoms with Crippen molar-refractivity contribution in [1.82, 2.24) is 4.98 Å². The topological polar surface area (TPSA) is 111 Å². The molecule has 1 aromatic carbocycles. The number of ketones is 1. The van der Waals surface area contributed by atoms with E-state index >= 15 is 0 Å². The van der Waals surface area contributed by atoms with Gasteiger partial charge in [0.05, 0.1) is 29.0 Å². The van der Waals surface area contributed by atoms with Crippen LogP contribution in [0.4, 0.5) is 18.9 Å². The van der Waals surface area contributed by atoms with Crippen LogP contribution >= 0.6 is 0 Å². The van der Waals surface area contributed by atoms with Crippen LogP contribution in [-0.2, 0) is 15.7 Å². The molecule has 0 saturated heterocycles.